The predicted molar refractivity (Wildman–Crippen MR) is 120 cm³/mol. The Morgan fingerprint density at radius 1 is 1.13 bits per heavy atom. The molecule has 0 saturated heterocycles. The molecule has 3 N–H and O–H groups in total. The zero-order chi connectivity index (χ0) is 22.4. The van der Waals surface area contributed by atoms with E-state index in [9.17, 15) is 9.59 Å². The summed E-state index contributed by atoms with van der Waals surface area (Å²) in [4.78, 5) is 25.8. The highest BCUT2D eigenvalue weighted by Gasteiger charge is 2.28. The van der Waals surface area contributed by atoms with Crippen molar-refractivity contribution in [2.75, 3.05) is 0 Å². The number of nitrogens with one attached hydrogen (secondary N) is 3. The third-order valence-corrected chi connectivity index (χ3v) is 5.50. The van der Waals surface area contributed by atoms with Crippen molar-refractivity contribution in [2.45, 2.75) is 17.8 Å². The number of hydrogen-bond acceptors (Lipinski definition) is 4. The maximum atomic E-state index is 13.0. The molecule has 0 aromatic heterocycles. The number of nitriles is 1. The highest BCUT2D eigenvalue weighted by molar-refractivity contribution is 6.37. The van der Waals surface area contributed by atoms with Gasteiger partial charge in [-0.3, -0.25) is 15.0 Å². The number of alkyl halides is 1. The van der Waals surface area contributed by atoms with Crippen LogP contribution in [0.25, 0.3) is 0 Å². The van der Waals surface area contributed by atoms with Crippen LogP contribution >= 0.6 is 23.2 Å². The molecule has 31 heavy (non-hydrogen) atoms. The number of amidine groups is 1. The maximum absolute atomic E-state index is 13.0. The quantitative estimate of drug-likeness (QED) is 0.364. The summed E-state index contributed by atoms with van der Waals surface area (Å²) < 4.78 is 0. The van der Waals surface area contributed by atoms with Crippen molar-refractivity contribution in [3.63, 3.8) is 0 Å². The number of halogens is 2. The highest BCUT2D eigenvalue weighted by atomic mass is 35.5. The zero-order valence-corrected chi connectivity index (χ0v) is 17.7. The molecule has 1 aliphatic rings. The summed E-state index contributed by atoms with van der Waals surface area (Å²) in [5.74, 6) is -1.24. The summed E-state index contributed by atoms with van der Waals surface area (Å²) in [7, 11) is 0. The molecule has 0 fully saturated rings. The molecular weight excluding hydrogens is 435 g/mol. The first kappa shape index (κ1) is 22.3. The standard InChI is InChI=1S/C23H18Cl2N4O2/c24-18-10-9-16(12-19(18)25)20(23(31)29-21(27)15-6-2-1-3-7-15)28-22(30)17-8-4-5-14(11-17)13-26/h1-9,11-12,18,20H,10H2,(H,28,30)(H2,27,29,31). The van der Waals surface area contributed by atoms with E-state index >= 15 is 0 Å². The second-order valence-corrected chi connectivity index (χ2v) is 7.73. The lowest BCUT2D eigenvalue weighted by atomic mass is 9.98. The summed E-state index contributed by atoms with van der Waals surface area (Å²) in [5, 5.41) is 22.4. The lowest BCUT2D eigenvalue weighted by molar-refractivity contribution is -0.120. The average molecular weight is 453 g/mol. The normalized spacial score (nSPS) is 16.2. The first-order chi connectivity index (χ1) is 14.9. The van der Waals surface area contributed by atoms with E-state index in [1.807, 2.05) is 6.07 Å². The molecule has 0 radical (unpaired) electrons. The molecule has 2 unspecified atom stereocenters. The molecule has 2 amide bonds. The van der Waals surface area contributed by atoms with Gasteiger partial charge in [-0.2, -0.15) is 5.26 Å². The minimum Gasteiger partial charge on any atom is -0.336 e. The largest absolute Gasteiger partial charge is 0.336 e. The lowest BCUT2D eigenvalue weighted by Gasteiger charge is -2.23. The van der Waals surface area contributed by atoms with Gasteiger partial charge < -0.3 is 10.6 Å². The van der Waals surface area contributed by atoms with Gasteiger partial charge in [0.05, 0.1) is 17.0 Å². The van der Waals surface area contributed by atoms with E-state index in [4.69, 9.17) is 33.9 Å². The number of benzene rings is 2. The fraction of sp³-hybridized carbons (Fsp3) is 0.130. The van der Waals surface area contributed by atoms with Crippen LogP contribution < -0.4 is 10.6 Å². The van der Waals surface area contributed by atoms with Crippen LogP contribution in [-0.2, 0) is 4.79 Å². The Balaban J connectivity index is 1.86. The number of amides is 2. The molecule has 2 aromatic rings. The molecule has 1 aliphatic carbocycles. The number of nitrogens with zero attached hydrogens (tertiary/aromatic N) is 1. The lowest BCUT2D eigenvalue weighted by Crippen LogP contribution is -2.49. The van der Waals surface area contributed by atoms with Gasteiger partial charge in [-0.05, 0) is 36.3 Å². The Morgan fingerprint density at radius 3 is 2.52 bits per heavy atom. The van der Waals surface area contributed by atoms with E-state index < -0.39 is 23.2 Å². The molecule has 2 aromatic carbocycles. The fourth-order valence-corrected chi connectivity index (χ4v) is 3.35. The number of hydrogen-bond donors (Lipinski definition) is 3. The minimum absolute atomic E-state index is 0.0990. The van der Waals surface area contributed by atoms with Crippen molar-refractivity contribution in [1.29, 1.82) is 10.7 Å². The molecule has 156 valence electrons. The monoisotopic (exact) mass is 452 g/mol. The second-order valence-electron chi connectivity index (χ2n) is 6.77. The summed E-state index contributed by atoms with van der Waals surface area (Å²) in [6.07, 6.45) is 3.67. The number of carbonyl (C=O) groups excluding carboxylic acids is 2. The molecule has 2 atom stereocenters. The van der Waals surface area contributed by atoms with Gasteiger partial charge in [0.2, 0.25) is 0 Å². The molecule has 0 heterocycles. The highest BCUT2D eigenvalue weighted by Crippen LogP contribution is 2.27. The van der Waals surface area contributed by atoms with Gasteiger partial charge in [0.1, 0.15) is 11.9 Å². The zero-order valence-electron chi connectivity index (χ0n) is 16.2. The molecular formula is C23H18Cl2N4O2. The van der Waals surface area contributed by atoms with Crippen molar-refractivity contribution < 1.29 is 9.59 Å². The maximum Gasteiger partial charge on any atom is 0.252 e. The molecule has 0 saturated carbocycles. The molecule has 8 heteroatoms. The van der Waals surface area contributed by atoms with E-state index in [2.05, 4.69) is 10.6 Å². The number of allylic oxidation sites excluding steroid dienone is 2. The fourth-order valence-electron chi connectivity index (χ4n) is 2.98. The smallest absolute Gasteiger partial charge is 0.252 e. The number of rotatable bonds is 5. The minimum atomic E-state index is -1.11. The van der Waals surface area contributed by atoms with Crippen LogP contribution in [-0.4, -0.2) is 29.1 Å². The number of carbonyl (C=O) groups is 2. The van der Waals surface area contributed by atoms with Crippen LogP contribution in [0.4, 0.5) is 0 Å². The molecule has 0 aliphatic heterocycles. The van der Waals surface area contributed by atoms with Crippen molar-refractivity contribution in [3.8, 4) is 6.07 Å². The van der Waals surface area contributed by atoms with E-state index in [0.29, 0.717) is 28.2 Å². The van der Waals surface area contributed by atoms with Crippen molar-refractivity contribution in [3.05, 3.63) is 94.0 Å². The second kappa shape index (κ2) is 10.1. The van der Waals surface area contributed by atoms with Crippen molar-refractivity contribution in [2.24, 2.45) is 0 Å². The van der Waals surface area contributed by atoms with Crippen LogP contribution in [0.2, 0.25) is 0 Å². The van der Waals surface area contributed by atoms with Crippen LogP contribution in [0.15, 0.2) is 77.4 Å². The topological polar surface area (TPSA) is 106 Å². The third-order valence-electron chi connectivity index (χ3n) is 4.60. The van der Waals surface area contributed by atoms with Gasteiger partial charge in [-0.15, -0.1) is 11.6 Å². The molecule has 3 rings (SSSR count). The Morgan fingerprint density at radius 2 is 1.84 bits per heavy atom. The molecule has 6 nitrogen and oxygen atoms in total. The van der Waals surface area contributed by atoms with E-state index in [1.165, 1.54) is 6.07 Å². The SMILES string of the molecule is N#Cc1cccc(C(=O)NC(C(=O)NC(=N)c2ccccc2)C2=CCC(Cl)C(Cl)=C2)c1. The Kier molecular flexibility index (Phi) is 7.24. The predicted octanol–water partition coefficient (Wildman–Crippen LogP) is 3.86. The van der Waals surface area contributed by atoms with Crippen LogP contribution in [0.5, 0.6) is 0 Å². The van der Waals surface area contributed by atoms with Crippen LogP contribution in [0, 0.1) is 16.7 Å². The first-order valence-electron chi connectivity index (χ1n) is 9.36. The Bertz CT molecular complexity index is 1120. The molecule has 0 spiro atoms. The third kappa shape index (κ3) is 5.60. The molecule has 0 bridgehead atoms. The Hall–Kier alpha value is -3.40. The van der Waals surface area contributed by atoms with E-state index in [-0.39, 0.29) is 11.4 Å². The van der Waals surface area contributed by atoms with Gasteiger partial charge >= 0.3 is 0 Å². The van der Waals surface area contributed by atoms with Crippen molar-refractivity contribution in [1.82, 2.24) is 10.6 Å². The van der Waals surface area contributed by atoms with Gasteiger partial charge in [0.25, 0.3) is 11.8 Å². The van der Waals surface area contributed by atoms with Gasteiger partial charge in [0.15, 0.2) is 0 Å². The summed E-state index contributed by atoms with van der Waals surface area (Å²) in [6, 6.07) is 15.7. The first-order valence-corrected chi connectivity index (χ1v) is 10.2. The van der Waals surface area contributed by atoms with Crippen LogP contribution in [0.1, 0.15) is 27.9 Å². The van der Waals surface area contributed by atoms with Gasteiger partial charge in [0, 0.05) is 16.2 Å². The van der Waals surface area contributed by atoms with E-state index in [1.54, 1.807) is 60.7 Å². The van der Waals surface area contributed by atoms with Gasteiger partial charge in [-0.1, -0.05) is 54.1 Å². The van der Waals surface area contributed by atoms with Gasteiger partial charge in [-0.25, -0.2) is 0 Å². The van der Waals surface area contributed by atoms with Crippen molar-refractivity contribution >= 4 is 40.9 Å². The van der Waals surface area contributed by atoms with Crippen LogP contribution in [0.3, 0.4) is 0 Å². The summed E-state index contributed by atoms with van der Waals surface area (Å²) in [5.41, 5.74) is 1.54. The van der Waals surface area contributed by atoms with E-state index in [0.717, 1.165) is 0 Å². The summed E-state index contributed by atoms with van der Waals surface area (Å²) >= 11 is 12.3. The summed E-state index contributed by atoms with van der Waals surface area (Å²) in [6.45, 7) is 0. The Labute approximate surface area is 189 Å². The average Bonchev–Trinajstić information content (AvgIpc) is 2.79.